The van der Waals surface area contributed by atoms with Crippen LogP contribution in [0, 0.1) is 13.8 Å². The van der Waals surface area contributed by atoms with Gasteiger partial charge in [-0.3, -0.25) is 0 Å². The van der Waals surface area contributed by atoms with Gasteiger partial charge in [-0.15, -0.1) is 0 Å². The maximum atomic E-state index is 9.96. The van der Waals surface area contributed by atoms with Gasteiger partial charge in [0.25, 0.3) is 0 Å². The number of aliphatic hydroxyl groups excluding tert-OH is 1. The minimum atomic E-state index is -0.647. The van der Waals surface area contributed by atoms with Gasteiger partial charge in [0.15, 0.2) is 5.82 Å². The second kappa shape index (κ2) is 10.9. The van der Waals surface area contributed by atoms with Crippen LogP contribution < -0.4 is 15.4 Å². The number of aliphatic hydroxyl groups is 1. The first-order chi connectivity index (χ1) is 16.4. The zero-order chi connectivity index (χ0) is 24.2. The summed E-state index contributed by atoms with van der Waals surface area (Å²) in [6.07, 6.45) is 0.196. The quantitative estimate of drug-likeness (QED) is 0.396. The van der Waals surface area contributed by atoms with E-state index in [2.05, 4.69) is 15.8 Å². The van der Waals surface area contributed by atoms with E-state index in [1.165, 1.54) is 0 Å². The maximum Gasteiger partial charge on any atom is 0.163 e. The van der Waals surface area contributed by atoms with Crippen LogP contribution in [0.1, 0.15) is 17.9 Å². The van der Waals surface area contributed by atoms with Gasteiger partial charge >= 0.3 is 0 Å². The molecule has 1 fully saturated rings. The number of hydrogen-bond acceptors (Lipinski definition) is 9. The fraction of sp³-hybridized carbons (Fsp3) is 0.435. The van der Waals surface area contributed by atoms with Crippen LogP contribution in [0.4, 0.5) is 5.82 Å². The molecule has 1 aromatic carbocycles. The van der Waals surface area contributed by atoms with Gasteiger partial charge < -0.3 is 29.7 Å². The van der Waals surface area contributed by atoms with E-state index in [0.717, 1.165) is 6.42 Å². The molecule has 1 aliphatic rings. The van der Waals surface area contributed by atoms with Gasteiger partial charge in [0.05, 0.1) is 28.9 Å². The highest BCUT2D eigenvalue weighted by Crippen LogP contribution is 2.39. The first-order valence-corrected chi connectivity index (χ1v) is 11.7. The summed E-state index contributed by atoms with van der Waals surface area (Å²) in [6.45, 7) is 5.43. The molecule has 11 heteroatoms. The van der Waals surface area contributed by atoms with Gasteiger partial charge in [0.1, 0.15) is 40.8 Å². The third kappa shape index (κ3) is 5.45. The Balaban J connectivity index is 1.76. The second-order valence-corrected chi connectivity index (χ2v) is 8.91. The van der Waals surface area contributed by atoms with Gasteiger partial charge in [-0.05, 0) is 45.5 Å². The van der Waals surface area contributed by atoms with Gasteiger partial charge in [0, 0.05) is 18.7 Å². The first kappa shape index (κ1) is 24.7. The molecule has 2 atom stereocenters. The molecule has 34 heavy (non-hydrogen) atoms. The summed E-state index contributed by atoms with van der Waals surface area (Å²) in [4.78, 5) is 9.46. The van der Waals surface area contributed by atoms with E-state index < -0.39 is 6.10 Å². The minimum Gasteiger partial charge on any atom is -0.491 e. The Morgan fingerprint density at radius 2 is 2.09 bits per heavy atom. The second-order valence-electron chi connectivity index (χ2n) is 8.13. The van der Waals surface area contributed by atoms with Gasteiger partial charge in [-0.25, -0.2) is 9.97 Å². The zero-order valence-corrected chi connectivity index (χ0v) is 20.7. The normalized spacial score (nSPS) is 16.6. The first-order valence-electron chi connectivity index (χ1n) is 11.0. The molecule has 3 aromatic rings. The van der Waals surface area contributed by atoms with Gasteiger partial charge in [-0.2, -0.15) is 0 Å². The number of hydrogen-bond donors (Lipinski definition) is 3. The molecule has 4 rings (SSSR count). The molecule has 3 heterocycles. The lowest BCUT2D eigenvalue weighted by Crippen LogP contribution is -2.29. The molecule has 1 saturated heterocycles. The van der Waals surface area contributed by atoms with Crippen LogP contribution >= 0.6 is 23.2 Å². The summed E-state index contributed by atoms with van der Waals surface area (Å²) >= 11 is 13.3. The molecule has 0 radical (unpaired) electrons. The number of aromatic nitrogens is 3. The molecule has 0 unspecified atom stereocenters. The van der Waals surface area contributed by atoms with Crippen LogP contribution in [-0.4, -0.2) is 65.8 Å². The molecule has 3 N–H and O–H groups in total. The Morgan fingerprint density at radius 1 is 1.26 bits per heavy atom. The molecule has 0 amide bonds. The molecule has 1 aliphatic heterocycles. The summed E-state index contributed by atoms with van der Waals surface area (Å²) in [5.41, 5.74) is 2.44. The lowest BCUT2D eigenvalue weighted by atomic mass is 10.1. The predicted molar refractivity (Wildman–Crippen MR) is 131 cm³/mol. The molecule has 0 spiro atoms. The predicted octanol–water partition coefficient (Wildman–Crippen LogP) is 3.88. The largest absolute Gasteiger partial charge is 0.491 e. The van der Waals surface area contributed by atoms with Crippen LogP contribution in [0.25, 0.3) is 22.6 Å². The van der Waals surface area contributed by atoms with E-state index >= 15 is 0 Å². The molecule has 0 saturated carbocycles. The summed E-state index contributed by atoms with van der Waals surface area (Å²) in [6, 6.07) is 5.27. The van der Waals surface area contributed by atoms with Crippen molar-refractivity contribution in [2.24, 2.45) is 0 Å². The fourth-order valence-electron chi connectivity index (χ4n) is 3.74. The highest BCUT2D eigenvalue weighted by Gasteiger charge is 2.25. The standard InChI is InChI=1S/C23H27Cl2N5O4/c1-12-19(13(2)34-30-12)21-20(25)23(27-14-6-7-32-10-14)29-22(28-21)17-8-16(4-5-18(17)24)33-11-15(31)9-26-3/h4-5,8,14-15,26,31H,6-7,9-11H2,1-3H3,(H,27,28,29)/t14-,15-/m1/s1. The average molecular weight is 508 g/mol. The lowest BCUT2D eigenvalue weighted by Gasteiger charge is -2.17. The third-order valence-electron chi connectivity index (χ3n) is 5.45. The average Bonchev–Trinajstić information content (AvgIpc) is 3.44. The van der Waals surface area contributed by atoms with Crippen molar-refractivity contribution in [2.45, 2.75) is 32.4 Å². The highest BCUT2D eigenvalue weighted by molar-refractivity contribution is 6.35. The minimum absolute atomic E-state index is 0.0802. The molecule has 9 nitrogen and oxygen atoms in total. The SMILES string of the molecule is CNC[C@@H](O)COc1ccc(Cl)c(-c2nc(N[C@@H]3CCOC3)c(Cl)c(-c3c(C)noc3C)n2)c1. The molecule has 182 valence electrons. The number of benzene rings is 1. The summed E-state index contributed by atoms with van der Waals surface area (Å²) in [7, 11) is 1.77. The number of likely N-dealkylation sites (N-methyl/N-ethyl adjacent to an activating group) is 1. The van der Waals surface area contributed by atoms with Gasteiger partial charge in [0.2, 0.25) is 0 Å². The Hall–Kier alpha value is -2.43. The van der Waals surface area contributed by atoms with E-state index in [0.29, 0.717) is 75.5 Å². The third-order valence-corrected chi connectivity index (χ3v) is 6.14. The lowest BCUT2D eigenvalue weighted by molar-refractivity contribution is 0.108. The van der Waals surface area contributed by atoms with Crippen molar-refractivity contribution in [3.05, 3.63) is 39.7 Å². The number of rotatable bonds is 9. The van der Waals surface area contributed by atoms with Crippen LogP contribution in [0.2, 0.25) is 10.0 Å². The Morgan fingerprint density at radius 3 is 2.76 bits per heavy atom. The van der Waals surface area contributed by atoms with Crippen molar-refractivity contribution in [1.82, 2.24) is 20.4 Å². The molecule has 0 aliphatic carbocycles. The number of aryl methyl sites for hydroxylation is 2. The van der Waals surface area contributed by atoms with E-state index in [1.54, 1.807) is 25.2 Å². The van der Waals surface area contributed by atoms with Crippen molar-refractivity contribution < 1.29 is 19.1 Å². The molecular weight excluding hydrogens is 481 g/mol. The number of ether oxygens (including phenoxy) is 2. The van der Waals surface area contributed by atoms with E-state index in [1.807, 2.05) is 13.8 Å². The number of nitrogens with zero attached hydrogens (tertiary/aromatic N) is 3. The van der Waals surface area contributed by atoms with Crippen molar-refractivity contribution in [1.29, 1.82) is 0 Å². The van der Waals surface area contributed by atoms with Crippen LogP contribution in [-0.2, 0) is 4.74 Å². The van der Waals surface area contributed by atoms with Crippen molar-refractivity contribution in [3.8, 4) is 28.4 Å². The van der Waals surface area contributed by atoms with E-state index in [-0.39, 0.29) is 12.6 Å². The Labute approximate surface area is 207 Å². The number of nitrogens with one attached hydrogen (secondary N) is 2. The van der Waals surface area contributed by atoms with Crippen molar-refractivity contribution >= 4 is 29.0 Å². The monoisotopic (exact) mass is 507 g/mol. The van der Waals surface area contributed by atoms with E-state index in [4.69, 9.17) is 47.2 Å². The topological polar surface area (TPSA) is 115 Å². The van der Waals surface area contributed by atoms with Crippen molar-refractivity contribution in [2.75, 3.05) is 38.7 Å². The molecule has 2 aromatic heterocycles. The van der Waals surface area contributed by atoms with Crippen LogP contribution in [0.5, 0.6) is 5.75 Å². The summed E-state index contributed by atoms with van der Waals surface area (Å²) < 4.78 is 16.6. The number of anilines is 1. The highest BCUT2D eigenvalue weighted by atomic mass is 35.5. The molecular formula is C23H27Cl2N5O4. The van der Waals surface area contributed by atoms with Crippen LogP contribution in [0.15, 0.2) is 22.7 Å². The Kier molecular flexibility index (Phi) is 7.90. The zero-order valence-electron chi connectivity index (χ0n) is 19.2. The van der Waals surface area contributed by atoms with Crippen LogP contribution in [0.3, 0.4) is 0 Å². The van der Waals surface area contributed by atoms with Crippen molar-refractivity contribution in [3.63, 3.8) is 0 Å². The van der Waals surface area contributed by atoms with E-state index in [9.17, 15) is 5.11 Å². The van der Waals surface area contributed by atoms with Gasteiger partial charge in [-0.1, -0.05) is 28.4 Å². The summed E-state index contributed by atoms with van der Waals surface area (Å²) in [5.74, 6) is 1.97. The molecule has 0 bridgehead atoms. The Bertz CT molecular complexity index is 1130. The fourth-order valence-corrected chi connectivity index (χ4v) is 4.18. The smallest absolute Gasteiger partial charge is 0.163 e. The number of halogens is 2. The maximum absolute atomic E-state index is 9.96. The summed E-state index contributed by atoms with van der Waals surface area (Å²) in [5, 5.41) is 21.1.